The van der Waals surface area contributed by atoms with E-state index in [0.717, 1.165) is 47.3 Å². The van der Waals surface area contributed by atoms with Crippen LogP contribution in [0.15, 0.2) is 170 Å². The van der Waals surface area contributed by atoms with Crippen molar-refractivity contribution in [2.75, 3.05) is 0 Å². The minimum atomic E-state index is 0.653. The molecule has 0 heteroatoms. The molecule has 0 amide bonds. The molecule has 7 aliphatic carbocycles. The maximum Gasteiger partial charge on any atom is -0.00671 e. The van der Waals surface area contributed by atoms with Crippen molar-refractivity contribution in [3.8, 4) is 44.5 Å². The molecule has 8 atom stereocenters. The number of fused-ring (bicyclic) bond motifs is 10. The second kappa shape index (κ2) is 13.9. The van der Waals surface area contributed by atoms with E-state index < -0.39 is 0 Å². The van der Waals surface area contributed by atoms with Crippen LogP contribution in [-0.4, -0.2) is 0 Å². The molecule has 8 aromatic rings. The first-order valence-corrected chi connectivity index (χ1v) is 25.2. The summed E-state index contributed by atoms with van der Waals surface area (Å²) in [6.07, 6.45) is 11.1. The van der Waals surface area contributed by atoms with Gasteiger partial charge in [-0.25, -0.2) is 0 Å². The zero-order chi connectivity index (χ0) is 41.6. The summed E-state index contributed by atoms with van der Waals surface area (Å²) >= 11 is 0. The first kappa shape index (κ1) is 36.6. The molecule has 0 N–H and O–H groups in total. The predicted octanol–water partition coefficient (Wildman–Crippen LogP) is 16.8. The van der Waals surface area contributed by atoms with E-state index in [4.69, 9.17) is 0 Å². The largest absolute Gasteiger partial charge is 0.0622 e. The van der Waals surface area contributed by atoms with Gasteiger partial charge in [0.05, 0.1) is 0 Å². The highest BCUT2D eigenvalue weighted by atomic mass is 14.7. The lowest BCUT2D eigenvalue weighted by Crippen LogP contribution is -2.58. The topological polar surface area (TPSA) is 0 Å². The highest BCUT2D eigenvalue weighted by Crippen LogP contribution is 2.76. The third kappa shape index (κ3) is 4.85. The van der Waals surface area contributed by atoms with E-state index in [9.17, 15) is 0 Å². The molecule has 8 unspecified atom stereocenters. The maximum atomic E-state index is 2.46. The third-order valence-corrected chi connectivity index (χ3v) is 19.4. The summed E-state index contributed by atoms with van der Waals surface area (Å²) in [6, 6.07) is 65.4. The SMILES string of the molecule is c1ccc(-c2c3c(c(-c4ccccc4)c4ccccc24)C2CCC4C5CCC6c7c(c(-c8ccccc8)c8ccccc8c7-c7ccccc7)C7CCC(C8CCC3C2C84)C5C76)cc1. The average molecular weight is 825 g/mol. The van der Waals surface area contributed by atoms with Crippen molar-refractivity contribution in [3.05, 3.63) is 192 Å². The Morgan fingerprint density at radius 1 is 0.219 bits per heavy atom. The van der Waals surface area contributed by atoms with E-state index in [2.05, 4.69) is 170 Å². The molecular formula is C64H56. The maximum absolute atomic E-state index is 2.46. The second-order valence-electron chi connectivity index (χ2n) is 21.4. The van der Waals surface area contributed by atoms with Gasteiger partial charge in [-0.15, -0.1) is 0 Å². The van der Waals surface area contributed by atoms with Crippen molar-refractivity contribution >= 4 is 21.5 Å². The van der Waals surface area contributed by atoms with Gasteiger partial charge in [-0.1, -0.05) is 170 Å². The Bertz CT molecular complexity index is 2710. The summed E-state index contributed by atoms with van der Waals surface area (Å²) in [7, 11) is 0. The highest BCUT2D eigenvalue weighted by Gasteiger charge is 2.66. The van der Waals surface area contributed by atoms with Gasteiger partial charge in [0.25, 0.3) is 0 Å². The van der Waals surface area contributed by atoms with Crippen molar-refractivity contribution in [1.29, 1.82) is 0 Å². The molecule has 5 fully saturated rings. The lowest BCUT2D eigenvalue weighted by Gasteiger charge is -2.65. The predicted molar refractivity (Wildman–Crippen MR) is 265 cm³/mol. The van der Waals surface area contributed by atoms with Crippen LogP contribution in [0.5, 0.6) is 0 Å². The van der Waals surface area contributed by atoms with Gasteiger partial charge in [0.15, 0.2) is 0 Å². The Kier molecular flexibility index (Phi) is 7.94. The number of benzene rings is 8. The first-order valence-electron chi connectivity index (χ1n) is 25.2. The molecule has 15 rings (SSSR count). The second-order valence-corrected chi connectivity index (χ2v) is 21.4. The van der Waals surface area contributed by atoms with Crippen LogP contribution >= 0.6 is 0 Å². The van der Waals surface area contributed by atoms with Crippen molar-refractivity contribution in [1.82, 2.24) is 0 Å². The van der Waals surface area contributed by atoms with Crippen LogP contribution in [0, 0.1) is 47.3 Å². The summed E-state index contributed by atoms with van der Waals surface area (Å²) in [5, 5.41) is 5.84. The van der Waals surface area contributed by atoms with E-state index in [-0.39, 0.29) is 0 Å². The van der Waals surface area contributed by atoms with Crippen LogP contribution in [0.4, 0.5) is 0 Å². The quantitative estimate of drug-likeness (QED) is 0.166. The smallest absolute Gasteiger partial charge is 0.00671 e. The number of hydrogen-bond donors (Lipinski definition) is 0. The van der Waals surface area contributed by atoms with Gasteiger partial charge in [0, 0.05) is 0 Å². The van der Waals surface area contributed by atoms with Gasteiger partial charge >= 0.3 is 0 Å². The van der Waals surface area contributed by atoms with Gasteiger partial charge in [0.2, 0.25) is 0 Å². The lowest BCUT2D eigenvalue weighted by molar-refractivity contribution is -0.149. The van der Waals surface area contributed by atoms with Crippen molar-refractivity contribution < 1.29 is 0 Å². The van der Waals surface area contributed by atoms with E-state index >= 15 is 0 Å². The Morgan fingerprint density at radius 3 is 0.672 bits per heavy atom. The molecule has 5 saturated carbocycles. The molecule has 0 saturated heterocycles. The van der Waals surface area contributed by atoms with Crippen LogP contribution in [0.3, 0.4) is 0 Å². The van der Waals surface area contributed by atoms with Crippen molar-refractivity contribution in [2.24, 2.45) is 47.3 Å². The van der Waals surface area contributed by atoms with Gasteiger partial charge in [-0.05, 0) is 211 Å². The van der Waals surface area contributed by atoms with E-state index in [1.54, 1.807) is 44.5 Å². The fourth-order valence-corrected chi connectivity index (χ4v) is 17.9. The summed E-state index contributed by atoms with van der Waals surface area (Å²) in [6.45, 7) is 0. The summed E-state index contributed by atoms with van der Waals surface area (Å²) in [4.78, 5) is 0. The molecule has 0 aliphatic heterocycles. The van der Waals surface area contributed by atoms with E-state index in [1.165, 1.54) is 95.2 Å². The molecule has 7 aliphatic rings. The van der Waals surface area contributed by atoms with Gasteiger partial charge in [-0.3, -0.25) is 0 Å². The van der Waals surface area contributed by atoms with Crippen molar-refractivity contribution in [2.45, 2.75) is 75.0 Å². The Balaban J connectivity index is 0.892. The van der Waals surface area contributed by atoms with Crippen LogP contribution in [0.1, 0.15) is 97.3 Å². The van der Waals surface area contributed by atoms with Gasteiger partial charge < -0.3 is 0 Å². The van der Waals surface area contributed by atoms with Crippen LogP contribution < -0.4 is 0 Å². The number of rotatable bonds is 4. The third-order valence-electron chi connectivity index (χ3n) is 19.4. The molecule has 312 valence electrons. The number of hydrogen-bond acceptors (Lipinski definition) is 0. The molecule has 0 heterocycles. The zero-order valence-corrected chi connectivity index (χ0v) is 36.8. The molecule has 64 heavy (non-hydrogen) atoms. The minimum absolute atomic E-state index is 0.653. The summed E-state index contributed by atoms with van der Waals surface area (Å²) < 4.78 is 0. The normalized spacial score (nSPS) is 31.2. The van der Waals surface area contributed by atoms with Crippen LogP contribution in [0.2, 0.25) is 0 Å². The van der Waals surface area contributed by atoms with E-state index in [0.29, 0.717) is 23.7 Å². The fraction of sp³-hybridized carbons (Fsp3) is 0.312. The molecule has 0 bridgehead atoms. The van der Waals surface area contributed by atoms with Crippen LogP contribution in [0.25, 0.3) is 66.1 Å². The summed E-state index contributed by atoms with van der Waals surface area (Å²) in [5.41, 5.74) is 19.0. The zero-order valence-electron chi connectivity index (χ0n) is 36.8. The molecule has 0 aromatic heterocycles. The van der Waals surface area contributed by atoms with E-state index in [1.807, 2.05) is 0 Å². The minimum Gasteiger partial charge on any atom is -0.0622 e. The van der Waals surface area contributed by atoms with Crippen molar-refractivity contribution in [3.63, 3.8) is 0 Å². The Labute approximate surface area is 378 Å². The highest BCUT2D eigenvalue weighted by molar-refractivity contribution is 6.10. The molecular weight excluding hydrogens is 769 g/mol. The summed E-state index contributed by atoms with van der Waals surface area (Å²) in [5.74, 6) is 9.32. The van der Waals surface area contributed by atoms with Crippen LogP contribution in [-0.2, 0) is 0 Å². The Hall–Kier alpha value is -5.72. The molecule has 0 radical (unpaired) electrons. The molecule has 0 nitrogen and oxygen atoms in total. The fourth-order valence-electron chi connectivity index (χ4n) is 17.9. The first-order chi connectivity index (χ1) is 31.8. The molecule has 0 spiro atoms. The average Bonchev–Trinajstić information content (AvgIpc) is 3.88. The lowest BCUT2D eigenvalue weighted by atomic mass is 9.39. The molecule has 8 aromatic carbocycles. The van der Waals surface area contributed by atoms with Gasteiger partial charge in [0.1, 0.15) is 0 Å². The Morgan fingerprint density at radius 2 is 0.438 bits per heavy atom. The van der Waals surface area contributed by atoms with Gasteiger partial charge in [-0.2, -0.15) is 0 Å². The standard InChI is InChI=1S/C64H56/c1-5-17-37(18-6-1)53-41-25-13-14-26-42(41)54(38-19-7-2-8-20-38)62-50-34-30-46-48-32-36-52-60-51(35-31-47(58(48)60)45-29-33-49(61(53)62)59(50)57(45)46)63-55(39-21-9-3-10-22-39)43-27-15-16-28-44(43)56(64(52)63)40-23-11-4-12-24-40/h1-28,45-52,57-60H,29-36H2. The monoisotopic (exact) mass is 824 g/mol.